The van der Waals surface area contributed by atoms with Crippen molar-refractivity contribution in [3.8, 4) is 0 Å². The van der Waals surface area contributed by atoms with E-state index in [9.17, 15) is 9.90 Å². The lowest BCUT2D eigenvalue weighted by molar-refractivity contribution is -0.152. The van der Waals surface area contributed by atoms with Gasteiger partial charge >= 0.3 is 5.97 Å². The van der Waals surface area contributed by atoms with Gasteiger partial charge in [0.1, 0.15) is 6.61 Å². The quantitative estimate of drug-likeness (QED) is 0.557. The summed E-state index contributed by atoms with van der Waals surface area (Å²) in [6, 6.07) is 0. The van der Waals surface area contributed by atoms with Crippen LogP contribution in [0.15, 0.2) is 0 Å². The van der Waals surface area contributed by atoms with Gasteiger partial charge in [-0.1, -0.05) is 13.3 Å². The summed E-state index contributed by atoms with van der Waals surface area (Å²) in [7, 11) is 0. The molecule has 1 aliphatic rings. The molecular weight excluding hydrogens is 208 g/mol. The molecule has 1 rings (SSSR count). The minimum Gasteiger partial charge on any atom is -0.464 e. The number of hydrogen-bond donors (Lipinski definition) is 1. The maximum Gasteiger partial charge on any atom is 0.332 e. The Morgan fingerprint density at radius 2 is 2.00 bits per heavy atom. The Morgan fingerprint density at radius 1 is 1.31 bits per heavy atom. The lowest BCUT2D eigenvalue weighted by Gasteiger charge is -2.25. The highest BCUT2D eigenvalue weighted by atomic mass is 16.6. The van der Waals surface area contributed by atoms with E-state index >= 15 is 0 Å². The van der Waals surface area contributed by atoms with Crippen molar-refractivity contribution < 1.29 is 19.4 Å². The van der Waals surface area contributed by atoms with E-state index in [2.05, 4.69) is 6.92 Å². The molecule has 0 saturated heterocycles. The smallest absolute Gasteiger partial charge is 0.332 e. The number of esters is 1. The van der Waals surface area contributed by atoms with Gasteiger partial charge < -0.3 is 14.6 Å². The average Bonchev–Trinajstić information content (AvgIpc) is 2.29. The molecular formula is C12H22O4. The van der Waals surface area contributed by atoms with E-state index in [-0.39, 0.29) is 24.8 Å². The second-order valence-electron chi connectivity index (χ2n) is 4.32. The molecule has 0 bridgehead atoms. The van der Waals surface area contributed by atoms with Crippen molar-refractivity contribution in [2.75, 3.05) is 13.2 Å². The maximum atomic E-state index is 11.2. The number of unbranched alkanes of at least 4 members (excludes halogenated alkanes) is 1. The fourth-order valence-corrected chi connectivity index (χ4v) is 1.77. The minimum atomic E-state index is -0.278. The zero-order valence-corrected chi connectivity index (χ0v) is 9.98. The lowest BCUT2D eigenvalue weighted by Crippen LogP contribution is -2.27. The molecule has 4 heteroatoms. The van der Waals surface area contributed by atoms with Crippen molar-refractivity contribution in [1.82, 2.24) is 0 Å². The molecule has 0 heterocycles. The lowest BCUT2D eigenvalue weighted by atomic mass is 9.95. The van der Waals surface area contributed by atoms with Crippen molar-refractivity contribution in [2.45, 2.75) is 57.7 Å². The van der Waals surface area contributed by atoms with Crippen LogP contribution in [0.1, 0.15) is 45.4 Å². The first kappa shape index (κ1) is 13.5. The fourth-order valence-electron chi connectivity index (χ4n) is 1.77. The SMILES string of the molecule is CCCCOC(=O)COC1CCC(O)CC1. The maximum absolute atomic E-state index is 11.2. The number of aliphatic hydroxyl groups excluding tert-OH is 1. The van der Waals surface area contributed by atoms with Gasteiger partial charge in [-0.05, 0) is 32.1 Å². The van der Waals surface area contributed by atoms with Crippen LogP contribution in [0.3, 0.4) is 0 Å². The van der Waals surface area contributed by atoms with Gasteiger partial charge in [0.25, 0.3) is 0 Å². The molecule has 0 atom stereocenters. The van der Waals surface area contributed by atoms with E-state index in [0.717, 1.165) is 38.5 Å². The fraction of sp³-hybridized carbons (Fsp3) is 0.917. The molecule has 4 nitrogen and oxygen atoms in total. The van der Waals surface area contributed by atoms with Crippen LogP contribution in [-0.4, -0.2) is 36.5 Å². The van der Waals surface area contributed by atoms with Crippen molar-refractivity contribution in [2.24, 2.45) is 0 Å². The summed E-state index contributed by atoms with van der Waals surface area (Å²) < 4.78 is 10.4. The molecule has 0 radical (unpaired) electrons. The van der Waals surface area contributed by atoms with E-state index in [1.807, 2.05) is 0 Å². The second kappa shape index (κ2) is 7.63. The summed E-state index contributed by atoms with van der Waals surface area (Å²) in [5, 5.41) is 9.30. The van der Waals surface area contributed by atoms with Crippen molar-refractivity contribution in [1.29, 1.82) is 0 Å². The van der Waals surface area contributed by atoms with Crippen LogP contribution in [0.25, 0.3) is 0 Å². The Hall–Kier alpha value is -0.610. The van der Waals surface area contributed by atoms with E-state index in [1.54, 1.807) is 0 Å². The minimum absolute atomic E-state index is 0.0461. The van der Waals surface area contributed by atoms with Crippen molar-refractivity contribution >= 4 is 5.97 Å². The van der Waals surface area contributed by atoms with Gasteiger partial charge in [-0.25, -0.2) is 4.79 Å². The van der Waals surface area contributed by atoms with Gasteiger partial charge in [0.2, 0.25) is 0 Å². The zero-order valence-electron chi connectivity index (χ0n) is 9.98. The third kappa shape index (κ3) is 5.47. The van der Waals surface area contributed by atoms with Crippen LogP contribution in [0.5, 0.6) is 0 Å². The first-order valence-corrected chi connectivity index (χ1v) is 6.17. The number of ether oxygens (including phenoxy) is 2. The Balaban J connectivity index is 2.03. The molecule has 0 aromatic rings. The highest BCUT2D eigenvalue weighted by molar-refractivity contribution is 5.70. The predicted octanol–water partition coefficient (Wildman–Crippen LogP) is 1.65. The summed E-state index contributed by atoms with van der Waals surface area (Å²) >= 11 is 0. The van der Waals surface area contributed by atoms with E-state index in [1.165, 1.54) is 0 Å². The van der Waals surface area contributed by atoms with Gasteiger partial charge in [-0.2, -0.15) is 0 Å². The van der Waals surface area contributed by atoms with Crippen LogP contribution < -0.4 is 0 Å². The highest BCUT2D eigenvalue weighted by Gasteiger charge is 2.20. The molecule has 1 aliphatic carbocycles. The van der Waals surface area contributed by atoms with E-state index in [4.69, 9.17) is 9.47 Å². The van der Waals surface area contributed by atoms with Gasteiger partial charge in [-0.3, -0.25) is 0 Å². The first-order valence-electron chi connectivity index (χ1n) is 6.17. The van der Waals surface area contributed by atoms with Crippen LogP contribution >= 0.6 is 0 Å². The van der Waals surface area contributed by atoms with Gasteiger partial charge in [-0.15, -0.1) is 0 Å². The van der Waals surface area contributed by atoms with Crippen LogP contribution in [0, 0.1) is 0 Å². The Morgan fingerprint density at radius 3 is 2.62 bits per heavy atom. The third-order valence-corrected chi connectivity index (χ3v) is 2.84. The van der Waals surface area contributed by atoms with Gasteiger partial charge in [0.05, 0.1) is 18.8 Å². The van der Waals surface area contributed by atoms with E-state index < -0.39 is 0 Å². The molecule has 0 spiro atoms. The molecule has 0 aromatic heterocycles. The number of hydrogen-bond acceptors (Lipinski definition) is 4. The predicted molar refractivity (Wildman–Crippen MR) is 60.1 cm³/mol. The van der Waals surface area contributed by atoms with Crippen molar-refractivity contribution in [3.05, 3.63) is 0 Å². The second-order valence-corrected chi connectivity index (χ2v) is 4.32. The number of aliphatic hydroxyl groups is 1. The summed E-state index contributed by atoms with van der Waals surface area (Å²) in [6.07, 6.45) is 5.08. The Bertz CT molecular complexity index is 197. The monoisotopic (exact) mass is 230 g/mol. The van der Waals surface area contributed by atoms with Gasteiger partial charge in [0.15, 0.2) is 0 Å². The molecule has 0 aliphatic heterocycles. The van der Waals surface area contributed by atoms with Crippen LogP contribution in [-0.2, 0) is 14.3 Å². The highest BCUT2D eigenvalue weighted by Crippen LogP contribution is 2.20. The normalized spacial score (nSPS) is 25.4. The summed E-state index contributed by atoms with van der Waals surface area (Å²) in [5.74, 6) is -0.278. The van der Waals surface area contributed by atoms with Gasteiger partial charge in [0, 0.05) is 0 Å². The van der Waals surface area contributed by atoms with E-state index in [0.29, 0.717) is 6.61 Å². The molecule has 0 amide bonds. The standard InChI is InChI=1S/C12H22O4/c1-2-3-8-15-12(14)9-16-11-6-4-10(13)5-7-11/h10-11,13H,2-9H2,1H3. The van der Waals surface area contributed by atoms with Crippen LogP contribution in [0.2, 0.25) is 0 Å². The number of carbonyl (C=O) groups is 1. The largest absolute Gasteiger partial charge is 0.464 e. The molecule has 94 valence electrons. The molecule has 16 heavy (non-hydrogen) atoms. The first-order chi connectivity index (χ1) is 7.72. The molecule has 0 unspecified atom stereocenters. The molecule has 1 saturated carbocycles. The molecule has 0 aromatic carbocycles. The average molecular weight is 230 g/mol. The number of carbonyl (C=O) groups excluding carboxylic acids is 1. The molecule has 1 N–H and O–H groups in total. The third-order valence-electron chi connectivity index (χ3n) is 2.84. The summed E-state index contributed by atoms with van der Waals surface area (Å²) in [6.45, 7) is 2.59. The molecule has 1 fully saturated rings. The Kier molecular flexibility index (Phi) is 6.42. The Labute approximate surface area is 96.9 Å². The summed E-state index contributed by atoms with van der Waals surface area (Å²) in [4.78, 5) is 11.2. The zero-order chi connectivity index (χ0) is 11.8. The van der Waals surface area contributed by atoms with Crippen LogP contribution in [0.4, 0.5) is 0 Å². The topological polar surface area (TPSA) is 55.8 Å². The number of rotatable bonds is 6. The van der Waals surface area contributed by atoms with Crippen molar-refractivity contribution in [3.63, 3.8) is 0 Å². The summed E-state index contributed by atoms with van der Waals surface area (Å²) in [5.41, 5.74) is 0.